The Kier molecular flexibility index (Phi) is 5.79. The first-order valence-corrected chi connectivity index (χ1v) is 10.4. The summed E-state index contributed by atoms with van der Waals surface area (Å²) in [7, 11) is 0. The highest BCUT2D eigenvalue weighted by Gasteiger charge is 2.29. The molecular formula is C22H20Cl2N4O2. The van der Waals surface area contributed by atoms with Crippen molar-refractivity contribution in [3.05, 3.63) is 81.6 Å². The molecular weight excluding hydrogens is 423 g/mol. The number of aromatic nitrogens is 2. The van der Waals surface area contributed by atoms with Crippen LogP contribution in [0.5, 0.6) is 0 Å². The van der Waals surface area contributed by atoms with Gasteiger partial charge in [-0.05, 0) is 43.3 Å². The van der Waals surface area contributed by atoms with Gasteiger partial charge >= 0.3 is 0 Å². The molecule has 1 aliphatic rings. The van der Waals surface area contributed by atoms with Gasteiger partial charge in [-0.3, -0.25) is 9.59 Å². The van der Waals surface area contributed by atoms with Crippen LogP contribution in [0, 0.1) is 6.92 Å². The van der Waals surface area contributed by atoms with Gasteiger partial charge in [0.15, 0.2) is 0 Å². The highest BCUT2D eigenvalue weighted by atomic mass is 35.5. The zero-order valence-electron chi connectivity index (χ0n) is 16.4. The second-order valence-electron chi connectivity index (χ2n) is 7.09. The first kappa shape index (κ1) is 20.4. The summed E-state index contributed by atoms with van der Waals surface area (Å²) < 4.78 is 1.57. The molecule has 1 aromatic heterocycles. The number of carbonyl (C=O) groups excluding carboxylic acids is 2. The van der Waals surface area contributed by atoms with Crippen LogP contribution in [-0.4, -0.2) is 57.6 Å². The maximum atomic E-state index is 13.1. The smallest absolute Gasteiger partial charge is 0.259 e. The highest BCUT2D eigenvalue weighted by Crippen LogP contribution is 2.25. The fourth-order valence-corrected chi connectivity index (χ4v) is 4.01. The number of hydrogen-bond acceptors (Lipinski definition) is 3. The van der Waals surface area contributed by atoms with E-state index in [1.165, 1.54) is 0 Å². The van der Waals surface area contributed by atoms with E-state index in [9.17, 15) is 9.59 Å². The Labute approximate surface area is 184 Å². The molecule has 0 saturated carbocycles. The molecule has 6 nitrogen and oxygen atoms in total. The lowest BCUT2D eigenvalue weighted by Crippen LogP contribution is -2.50. The zero-order chi connectivity index (χ0) is 21.3. The van der Waals surface area contributed by atoms with Crippen molar-refractivity contribution in [2.75, 3.05) is 26.2 Å². The van der Waals surface area contributed by atoms with Crippen LogP contribution < -0.4 is 0 Å². The molecule has 0 atom stereocenters. The molecule has 0 unspecified atom stereocenters. The minimum Gasteiger partial charge on any atom is -0.335 e. The van der Waals surface area contributed by atoms with Gasteiger partial charge in [0, 0.05) is 36.8 Å². The molecule has 0 bridgehead atoms. The van der Waals surface area contributed by atoms with Gasteiger partial charge in [0.1, 0.15) is 5.15 Å². The van der Waals surface area contributed by atoms with Gasteiger partial charge in [-0.2, -0.15) is 5.10 Å². The molecule has 1 fully saturated rings. The topological polar surface area (TPSA) is 58.4 Å². The predicted octanol–water partition coefficient (Wildman–Crippen LogP) is 4.09. The third-order valence-electron chi connectivity index (χ3n) is 5.16. The average molecular weight is 443 g/mol. The second kappa shape index (κ2) is 8.50. The van der Waals surface area contributed by atoms with Gasteiger partial charge in [-0.15, -0.1) is 0 Å². The van der Waals surface area contributed by atoms with Crippen molar-refractivity contribution in [2.24, 2.45) is 0 Å². The minimum atomic E-state index is -0.168. The first-order chi connectivity index (χ1) is 14.5. The summed E-state index contributed by atoms with van der Waals surface area (Å²) in [6.07, 6.45) is 0. The minimum absolute atomic E-state index is 0.0649. The number of rotatable bonds is 3. The number of para-hydroxylation sites is 1. The van der Waals surface area contributed by atoms with Crippen LogP contribution in [0.4, 0.5) is 0 Å². The zero-order valence-corrected chi connectivity index (χ0v) is 17.9. The molecule has 8 heteroatoms. The van der Waals surface area contributed by atoms with E-state index in [0.29, 0.717) is 53.2 Å². The molecule has 4 rings (SSSR count). The van der Waals surface area contributed by atoms with E-state index in [-0.39, 0.29) is 11.8 Å². The SMILES string of the molecule is Cc1nn(-c2ccccc2)c(Cl)c1C(=O)N1CCN(C(=O)c2ccc(Cl)cc2)CC1. The molecule has 0 N–H and O–H groups in total. The largest absolute Gasteiger partial charge is 0.335 e. The summed E-state index contributed by atoms with van der Waals surface area (Å²) in [5, 5.41) is 5.33. The fraction of sp³-hybridized carbons (Fsp3) is 0.227. The van der Waals surface area contributed by atoms with Crippen molar-refractivity contribution in [1.82, 2.24) is 19.6 Å². The standard InChI is InChI=1S/C22H20Cl2N4O2/c1-15-19(20(24)28(25-15)18-5-3-2-4-6-18)22(30)27-13-11-26(12-14-27)21(29)16-7-9-17(23)10-8-16/h2-10H,11-14H2,1H3. The molecule has 3 aromatic rings. The predicted molar refractivity (Wildman–Crippen MR) is 117 cm³/mol. The monoisotopic (exact) mass is 442 g/mol. The lowest BCUT2D eigenvalue weighted by Gasteiger charge is -2.34. The number of halogens is 2. The Morgan fingerprint density at radius 3 is 2.00 bits per heavy atom. The number of nitrogens with zero attached hydrogens (tertiary/aromatic N) is 4. The van der Waals surface area contributed by atoms with Crippen LogP contribution >= 0.6 is 23.2 Å². The maximum Gasteiger partial charge on any atom is 0.259 e. The first-order valence-electron chi connectivity index (χ1n) is 9.60. The van der Waals surface area contributed by atoms with Crippen molar-refractivity contribution >= 4 is 35.0 Å². The van der Waals surface area contributed by atoms with E-state index in [2.05, 4.69) is 5.10 Å². The van der Waals surface area contributed by atoms with Crippen LogP contribution in [0.15, 0.2) is 54.6 Å². The summed E-state index contributed by atoms with van der Waals surface area (Å²) >= 11 is 12.4. The summed E-state index contributed by atoms with van der Waals surface area (Å²) in [4.78, 5) is 29.3. The Morgan fingerprint density at radius 2 is 1.40 bits per heavy atom. The lowest BCUT2D eigenvalue weighted by atomic mass is 10.1. The van der Waals surface area contributed by atoms with Crippen molar-refractivity contribution < 1.29 is 9.59 Å². The van der Waals surface area contributed by atoms with Crippen molar-refractivity contribution in [1.29, 1.82) is 0 Å². The Balaban J connectivity index is 1.47. The second-order valence-corrected chi connectivity index (χ2v) is 7.88. The average Bonchev–Trinajstić information content (AvgIpc) is 3.08. The fourth-order valence-electron chi connectivity index (χ4n) is 3.53. The molecule has 0 aliphatic carbocycles. The number of amides is 2. The summed E-state index contributed by atoms with van der Waals surface area (Å²) in [5.74, 6) is -0.233. The molecule has 0 radical (unpaired) electrons. The number of carbonyl (C=O) groups is 2. The molecule has 2 heterocycles. The maximum absolute atomic E-state index is 13.1. The van der Waals surface area contributed by atoms with Crippen LogP contribution in [-0.2, 0) is 0 Å². The molecule has 1 saturated heterocycles. The summed E-state index contributed by atoms with van der Waals surface area (Å²) in [6.45, 7) is 3.56. The van der Waals surface area contributed by atoms with Gasteiger partial charge in [0.05, 0.1) is 16.9 Å². The lowest BCUT2D eigenvalue weighted by molar-refractivity contribution is 0.0535. The molecule has 30 heavy (non-hydrogen) atoms. The summed E-state index contributed by atoms with van der Waals surface area (Å²) in [5.41, 5.74) is 2.36. The number of piperazine rings is 1. The number of aryl methyl sites for hydroxylation is 1. The van der Waals surface area contributed by atoms with Gasteiger partial charge in [-0.1, -0.05) is 41.4 Å². The highest BCUT2D eigenvalue weighted by molar-refractivity contribution is 6.33. The van der Waals surface area contributed by atoms with E-state index in [1.807, 2.05) is 30.3 Å². The van der Waals surface area contributed by atoms with E-state index < -0.39 is 0 Å². The normalized spacial score (nSPS) is 14.1. The van der Waals surface area contributed by atoms with Gasteiger partial charge in [0.25, 0.3) is 11.8 Å². The van der Waals surface area contributed by atoms with Crippen LogP contribution in [0.1, 0.15) is 26.4 Å². The Morgan fingerprint density at radius 1 is 0.833 bits per heavy atom. The molecule has 0 spiro atoms. The van der Waals surface area contributed by atoms with Gasteiger partial charge in [0.2, 0.25) is 0 Å². The number of hydrogen-bond donors (Lipinski definition) is 0. The van der Waals surface area contributed by atoms with Crippen LogP contribution in [0.25, 0.3) is 5.69 Å². The van der Waals surface area contributed by atoms with Crippen molar-refractivity contribution in [2.45, 2.75) is 6.92 Å². The molecule has 2 aromatic carbocycles. The third-order valence-corrected chi connectivity index (χ3v) is 5.77. The van der Waals surface area contributed by atoms with E-state index in [0.717, 1.165) is 5.69 Å². The molecule has 1 aliphatic heterocycles. The van der Waals surface area contributed by atoms with Crippen LogP contribution in [0.2, 0.25) is 10.2 Å². The van der Waals surface area contributed by atoms with E-state index in [4.69, 9.17) is 23.2 Å². The molecule has 2 amide bonds. The van der Waals surface area contributed by atoms with Gasteiger partial charge < -0.3 is 9.80 Å². The quantitative estimate of drug-likeness (QED) is 0.613. The van der Waals surface area contributed by atoms with E-state index >= 15 is 0 Å². The Bertz CT molecular complexity index is 1070. The Hall–Kier alpha value is -2.83. The van der Waals surface area contributed by atoms with E-state index in [1.54, 1.807) is 45.7 Å². The molecule has 154 valence electrons. The summed E-state index contributed by atoms with van der Waals surface area (Å²) in [6, 6.07) is 16.3. The van der Waals surface area contributed by atoms with Crippen LogP contribution in [0.3, 0.4) is 0 Å². The van der Waals surface area contributed by atoms with Gasteiger partial charge in [-0.25, -0.2) is 4.68 Å². The van der Waals surface area contributed by atoms with Crippen molar-refractivity contribution in [3.63, 3.8) is 0 Å². The van der Waals surface area contributed by atoms with Crippen molar-refractivity contribution in [3.8, 4) is 5.69 Å². The third kappa shape index (κ3) is 3.93. The number of benzene rings is 2.